The van der Waals surface area contributed by atoms with Gasteiger partial charge in [0.1, 0.15) is 0 Å². The Morgan fingerprint density at radius 1 is 1.37 bits per heavy atom. The average Bonchev–Trinajstić information content (AvgIpc) is 2.90. The van der Waals surface area contributed by atoms with E-state index in [1.807, 2.05) is 35.0 Å². The van der Waals surface area contributed by atoms with Crippen LogP contribution in [-0.2, 0) is 11.3 Å². The van der Waals surface area contributed by atoms with Crippen LogP contribution < -0.4 is 5.48 Å². The highest BCUT2D eigenvalue weighted by Gasteiger charge is 1.95. The number of carbonyl (C=O) groups is 1. The van der Waals surface area contributed by atoms with Crippen molar-refractivity contribution in [2.75, 3.05) is 0 Å². The van der Waals surface area contributed by atoms with Crippen molar-refractivity contribution in [3.05, 3.63) is 60.2 Å². The first-order valence-electron chi connectivity index (χ1n) is 5.45. The normalized spacial score (nSPS) is 10.2. The molecule has 0 aliphatic rings. The van der Waals surface area contributed by atoms with Crippen molar-refractivity contribution < 1.29 is 10.0 Å². The summed E-state index contributed by atoms with van der Waals surface area (Å²) >= 11 is 0. The first-order valence-corrected chi connectivity index (χ1v) is 5.45. The Kier molecular flexibility index (Phi) is 5.78. The molecule has 0 unspecified atom stereocenters. The molecule has 0 bridgehead atoms. The third-order valence-corrected chi connectivity index (χ3v) is 2.44. The average molecular weight is 280 g/mol. The van der Waals surface area contributed by atoms with Crippen molar-refractivity contribution in [2.24, 2.45) is 0 Å². The van der Waals surface area contributed by atoms with E-state index >= 15 is 0 Å². The maximum Gasteiger partial charge on any atom is 0.267 e. The third kappa shape index (κ3) is 4.57. The zero-order chi connectivity index (χ0) is 12.8. The molecule has 0 atom stereocenters. The molecule has 1 aromatic heterocycles. The summed E-state index contributed by atoms with van der Waals surface area (Å²) in [5, 5.41) is 8.34. The van der Waals surface area contributed by atoms with Gasteiger partial charge in [0.2, 0.25) is 0 Å². The second kappa shape index (κ2) is 7.35. The molecule has 2 rings (SSSR count). The molecule has 0 spiro atoms. The van der Waals surface area contributed by atoms with Crippen molar-refractivity contribution in [1.82, 2.24) is 15.0 Å². The molecule has 1 amide bonds. The molecule has 0 aliphatic heterocycles. The predicted molar refractivity (Wildman–Crippen MR) is 74.0 cm³/mol. The second-order valence-electron chi connectivity index (χ2n) is 3.79. The van der Waals surface area contributed by atoms with Gasteiger partial charge in [-0.2, -0.15) is 0 Å². The van der Waals surface area contributed by atoms with E-state index in [0.717, 1.165) is 17.7 Å². The SMILES string of the molecule is Cl.O=C(/C=C/c1ccc(Cn2ccnc2)cc1)NO. The lowest BCUT2D eigenvalue weighted by molar-refractivity contribution is -0.124. The molecule has 2 aromatic rings. The van der Waals surface area contributed by atoms with Gasteiger partial charge in [-0.25, -0.2) is 10.5 Å². The smallest absolute Gasteiger partial charge is 0.267 e. The van der Waals surface area contributed by atoms with E-state index < -0.39 is 5.91 Å². The maximum atomic E-state index is 10.8. The summed E-state index contributed by atoms with van der Waals surface area (Å²) in [5.41, 5.74) is 3.59. The Balaban J connectivity index is 0.00000180. The Hall–Kier alpha value is -2.11. The van der Waals surface area contributed by atoms with E-state index in [1.54, 1.807) is 24.1 Å². The van der Waals surface area contributed by atoms with Crippen LogP contribution >= 0.6 is 12.4 Å². The minimum Gasteiger partial charge on any atom is -0.333 e. The van der Waals surface area contributed by atoms with Crippen LogP contribution in [0.4, 0.5) is 0 Å². The molecule has 19 heavy (non-hydrogen) atoms. The third-order valence-electron chi connectivity index (χ3n) is 2.44. The summed E-state index contributed by atoms with van der Waals surface area (Å²) in [6.07, 6.45) is 8.31. The standard InChI is InChI=1S/C13H13N3O2.ClH/c17-13(15-18)6-5-11-1-3-12(4-2-11)9-16-8-7-14-10-16;/h1-8,10,18H,9H2,(H,15,17);1H/b6-5+;. The monoisotopic (exact) mass is 279 g/mol. The lowest BCUT2D eigenvalue weighted by Gasteiger charge is -2.02. The van der Waals surface area contributed by atoms with E-state index in [-0.39, 0.29) is 12.4 Å². The summed E-state index contributed by atoms with van der Waals surface area (Å²) < 4.78 is 1.98. The molecule has 0 saturated heterocycles. The lowest BCUT2D eigenvalue weighted by atomic mass is 10.1. The highest BCUT2D eigenvalue weighted by atomic mass is 35.5. The Labute approximate surface area is 117 Å². The molecule has 5 nitrogen and oxygen atoms in total. The van der Waals surface area contributed by atoms with Crippen LogP contribution in [0.2, 0.25) is 0 Å². The molecule has 0 saturated carbocycles. The first-order chi connectivity index (χ1) is 8.78. The fourth-order valence-corrected chi connectivity index (χ4v) is 1.53. The minimum atomic E-state index is -0.544. The number of halogens is 1. The van der Waals surface area contributed by atoms with Crippen LogP contribution in [0.15, 0.2) is 49.1 Å². The highest BCUT2D eigenvalue weighted by molar-refractivity contribution is 5.90. The van der Waals surface area contributed by atoms with Crippen LogP contribution in [0.3, 0.4) is 0 Å². The van der Waals surface area contributed by atoms with Crippen LogP contribution in [0.1, 0.15) is 11.1 Å². The van der Waals surface area contributed by atoms with Gasteiger partial charge in [0.25, 0.3) is 5.91 Å². The summed E-state index contributed by atoms with van der Waals surface area (Å²) in [6, 6.07) is 7.79. The second-order valence-corrected chi connectivity index (χ2v) is 3.79. The van der Waals surface area contributed by atoms with Gasteiger partial charge >= 0.3 is 0 Å². The van der Waals surface area contributed by atoms with Gasteiger partial charge in [-0.15, -0.1) is 12.4 Å². The van der Waals surface area contributed by atoms with Gasteiger partial charge in [0.15, 0.2) is 0 Å². The zero-order valence-corrected chi connectivity index (χ0v) is 10.9. The number of imidazole rings is 1. The molecule has 100 valence electrons. The molecule has 1 heterocycles. The fourth-order valence-electron chi connectivity index (χ4n) is 1.53. The van der Waals surface area contributed by atoms with Gasteiger partial charge in [-0.05, 0) is 17.2 Å². The quantitative estimate of drug-likeness (QED) is 0.510. The van der Waals surface area contributed by atoms with Crippen molar-refractivity contribution >= 4 is 24.4 Å². The first kappa shape index (κ1) is 14.9. The number of hydrogen-bond acceptors (Lipinski definition) is 3. The van der Waals surface area contributed by atoms with Crippen molar-refractivity contribution in [3.63, 3.8) is 0 Å². The molecule has 2 N–H and O–H groups in total. The minimum absolute atomic E-state index is 0. The van der Waals surface area contributed by atoms with E-state index in [0.29, 0.717) is 0 Å². The Morgan fingerprint density at radius 2 is 2.11 bits per heavy atom. The summed E-state index contributed by atoms with van der Waals surface area (Å²) in [4.78, 5) is 14.8. The number of benzene rings is 1. The van der Waals surface area contributed by atoms with E-state index in [1.165, 1.54) is 6.08 Å². The number of hydrogen-bond donors (Lipinski definition) is 2. The zero-order valence-electron chi connectivity index (χ0n) is 10.1. The van der Waals surface area contributed by atoms with E-state index in [9.17, 15) is 4.79 Å². The molecular formula is C13H14ClN3O2. The summed E-state index contributed by atoms with van der Waals surface area (Å²) in [7, 11) is 0. The summed E-state index contributed by atoms with van der Waals surface area (Å²) in [6.45, 7) is 0.765. The Bertz CT molecular complexity index is 536. The van der Waals surface area contributed by atoms with Crippen molar-refractivity contribution in [1.29, 1.82) is 0 Å². The molecule has 1 aromatic carbocycles. The number of amides is 1. The fraction of sp³-hybridized carbons (Fsp3) is 0.0769. The number of nitrogens with one attached hydrogen (secondary N) is 1. The predicted octanol–water partition coefficient (Wildman–Crippen LogP) is 1.87. The van der Waals surface area contributed by atoms with Crippen LogP contribution in [0.25, 0.3) is 6.08 Å². The number of rotatable bonds is 4. The number of hydroxylamine groups is 1. The number of carbonyl (C=O) groups excluding carboxylic acids is 1. The Morgan fingerprint density at radius 3 is 2.68 bits per heavy atom. The van der Waals surface area contributed by atoms with Gasteiger partial charge < -0.3 is 4.57 Å². The van der Waals surface area contributed by atoms with Crippen molar-refractivity contribution in [3.8, 4) is 0 Å². The largest absolute Gasteiger partial charge is 0.333 e. The van der Waals surface area contributed by atoms with E-state index in [4.69, 9.17) is 5.21 Å². The molecule has 0 fully saturated rings. The van der Waals surface area contributed by atoms with Crippen LogP contribution in [0, 0.1) is 0 Å². The molecular weight excluding hydrogens is 266 g/mol. The van der Waals surface area contributed by atoms with Crippen LogP contribution in [0.5, 0.6) is 0 Å². The molecule has 0 aliphatic carbocycles. The van der Waals surface area contributed by atoms with Gasteiger partial charge in [0.05, 0.1) is 6.33 Å². The maximum absolute atomic E-state index is 10.8. The molecule has 0 radical (unpaired) electrons. The number of nitrogens with zero attached hydrogens (tertiary/aromatic N) is 2. The highest BCUT2D eigenvalue weighted by Crippen LogP contribution is 2.07. The van der Waals surface area contributed by atoms with Gasteiger partial charge in [-0.1, -0.05) is 24.3 Å². The van der Waals surface area contributed by atoms with Crippen molar-refractivity contribution in [2.45, 2.75) is 6.54 Å². The lowest BCUT2D eigenvalue weighted by Crippen LogP contribution is -2.14. The summed E-state index contributed by atoms with van der Waals surface area (Å²) in [5.74, 6) is -0.544. The van der Waals surface area contributed by atoms with Gasteiger partial charge in [-0.3, -0.25) is 10.0 Å². The number of aromatic nitrogens is 2. The van der Waals surface area contributed by atoms with E-state index in [2.05, 4.69) is 4.98 Å². The molecule has 6 heteroatoms. The van der Waals surface area contributed by atoms with Crippen LogP contribution in [-0.4, -0.2) is 20.7 Å². The van der Waals surface area contributed by atoms with Gasteiger partial charge in [0, 0.05) is 25.0 Å². The topological polar surface area (TPSA) is 67.2 Å².